The van der Waals surface area contributed by atoms with E-state index in [0.717, 1.165) is 17.1 Å². The fourth-order valence-electron chi connectivity index (χ4n) is 2.74. The van der Waals surface area contributed by atoms with Crippen LogP contribution in [0, 0.1) is 0 Å². The predicted octanol–water partition coefficient (Wildman–Crippen LogP) is 2.75. The van der Waals surface area contributed by atoms with Crippen LogP contribution >= 0.6 is 11.5 Å². The Morgan fingerprint density at radius 2 is 1.76 bits per heavy atom. The molecule has 148 valence electrons. The molecule has 1 N–H and O–H groups in total. The number of amides is 2. The third-order valence-electron chi connectivity index (χ3n) is 4.29. The summed E-state index contributed by atoms with van der Waals surface area (Å²) in [5, 5.41) is 8.18. The van der Waals surface area contributed by atoms with Crippen molar-refractivity contribution in [3.05, 3.63) is 76.8 Å². The Kier molecular flexibility index (Phi) is 6.80. The molecule has 1 heterocycles. The van der Waals surface area contributed by atoms with Crippen LogP contribution in [0.2, 0.25) is 0 Å². The number of Topliss-reactive ketones (excluding diaryl/α,β-unsaturated/α-hetero) is 1. The van der Waals surface area contributed by atoms with Crippen molar-refractivity contribution in [1.82, 2.24) is 14.9 Å². The van der Waals surface area contributed by atoms with Crippen LogP contribution in [0.4, 0.5) is 5.69 Å². The quantitative estimate of drug-likeness (QED) is 0.579. The van der Waals surface area contributed by atoms with E-state index in [9.17, 15) is 14.4 Å². The first-order valence-corrected chi connectivity index (χ1v) is 9.89. The van der Waals surface area contributed by atoms with Crippen molar-refractivity contribution < 1.29 is 14.4 Å². The van der Waals surface area contributed by atoms with Crippen LogP contribution in [-0.4, -0.2) is 40.3 Å². The van der Waals surface area contributed by atoms with Crippen LogP contribution in [0.25, 0.3) is 0 Å². The maximum Gasteiger partial charge on any atom is 0.280 e. The third kappa shape index (κ3) is 5.55. The summed E-state index contributed by atoms with van der Waals surface area (Å²) >= 11 is 1.06. The SMILES string of the molecule is CC(=O)c1ccc(N(CC(=O)NCCc2ccccc2)C(=O)c2csnn2)cc1. The van der Waals surface area contributed by atoms with Crippen LogP contribution in [0.3, 0.4) is 0 Å². The first-order valence-electron chi connectivity index (χ1n) is 9.05. The van der Waals surface area contributed by atoms with Gasteiger partial charge in [0, 0.05) is 23.2 Å². The number of anilines is 1. The molecule has 0 spiro atoms. The lowest BCUT2D eigenvalue weighted by Crippen LogP contribution is -2.41. The summed E-state index contributed by atoms with van der Waals surface area (Å²) in [5.41, 5.74) is 2.33. The molecule has 0 saturated carbocycles. The van der Waals surface area contributed by atoms with Gasteiger partial charge in [-0.1, -0.05) is 34.8 Å². The molecule has 8 heteroatoms. The molecular formula is C21H20N4O3S. The topological polar surface area (TPSA) is 92.3 Å². The average Bonchev–Trinajstić information content (AvgIpc) is 3.27. The normalized spacial score (nSPS) is 10.4. The first kappa shape index (κ1) is 20.3. The number of nitrogens with zero attached hydrogens (tertiary/aromatic N) is 3. The highest BCUT2D eigenvalue weighted by Crippen LogP contribution is 2.18. The summed E-state index contributed by atoms with van der Waals surface area (Å²) in [4.78, 5) is 38.1. The molecule has 3 rings (SSSR count). The number of benzene rings is 2. The second-order valence-corrected chi connectivity index (χ2v) is 6.98. The molecule has 0 bridgehead atoms. The van der Waals surface area contributed by atoms with E-state index < -0.39 is 5.91 Å². The first-order chi connectivity index (χ1) is 14.0. The third-order valence-corrected chi connectivity index (χ3v) is 4.79. The summed E-state index contributed by atoms with van der Waals surface area (Å²) in [7, 11) is 0. The highest BCUT2D eigenvalue weighted by atomic mass is 32.1. The number of nitrogens with one attached hydrogen (secondary N) is 1. The number of carbonyl (C=O) groups excluding carboxylic acids is 3. The van der Waals surface area contributed by atoms with Gasteiger partial charge in [0.15, 0.2) is 11.5 Å². The smallest absolute Gasteiger partial charge is 0.280 e. The minimum absolute atomic E-state index is 0.0724. The lowest BCUT2D eigenvalue weighted by atomic mass is 10.1. The van der Waals surface area contributed by atoms with Crippen molar-refractivity contribution in [1.29, 1.82) is 0 Å². The van der Waals surface area contributed by atoms with Crippen molar-refractivity contribution in [2.45, 2.75) is 13.3 Å². The van der Waals surface area contributed by atoms with E-state index >= 15 is 0 Å². The van der Waals surface area contributed by atoms with Gasteiger partial charge in [-0.3, -0.25) is 19.3 Å². The maximum atomic E-state index is 12.8. The summed E-state index contributed by atoms with van der Waals surface area (Å²) in [6, 6.07) is 16.4. The Labute approximate surface area is 172 Å². The van der Waals surface area contributed by atoms with Gasteiger partial charge >= 0.3 is 0 Å². The van der Waals surface area contributed by atoms with Crippen molar-refractivity contribution in [3.63, 3.8) is 0 Å². The standard InChI is InChI=1S/C21H20N4O3S/c1-15(26)17-7-9-18(10-8-17)25(21(28)19-14-29-24-23-19)13-20(27)22-12-11-16-5-3-2-4-6-16/h2-10,14H,11-13H2,1H3,(H,22,27). The van der Waals surface area contributed by atoms with E-state index in [1.807, 2.05) is 30.3 Å². The van der Waals surface area contributed by atoms with E-state index in [1.54, 1.807) is 24.3 Å². The van der Waals surface area contributed by atoms with Gasteiger partial charge in [0.05, 0.1) is 0 Å². The molecule has 7 nitrogen and oxygen atoms in total. The average molecular weight is 408 g/mol. The van der Waals surface area contributed by atoms with Crippen LogP contribution < -0.4 is 10.2 Å². The van der Waals surface area contributed by atoms with Crippen molar-refractivity contribution in [2.75, 3.05) is 18.0 Å². The second kappa shape index (κ2) is 9.70. The molecule has 2 amide bonds. The minimum atomic E-state index is -0.424. The van der Waals surface area contributed by atoms with Gasteiger partial charge in [-0.15, -0.1) is 5.10 Å². The zero-order chi connectivity index (χ0) is 20.6. The predicted molar refractivity (Wildman–Crippen MR) is 111 cm³/mol. The van der Waals surface area contributed by atoms with Gasteiger partial charge < -0.3 is 5.32 Å². The number of hydrogen-bond donors (Lipinski definition) is 1. The highest BCUT2D eigenvalue weighted by molar-refractivity contribution is 7.03. The second-order valence-electron chi connectivity index (χ2n) is 6.37. The van der Waals surface area contributed by atoms with Crippen molar-refractivity contribution >= 4 is 34.8 Å². The van der Waals surface area contributed by atoms with Crippen LogP contribution in [0.5, 0.6) is 0 Å². The largest absolute Gasteiger partial charge is 0.354 e. The maximum absolute atomic E-state index is 12.8. The Hall–Kier alpha value is -3.39. The molecule has 0 atom stereocenters. The molecule has 0 unspecified atom stereocenters. The number of aromatic nitrogens is 2. The van der Waals surface area contributed by atoms with Crippen molar-refractivity contribution in [2.24, 2.45) is 0 Å². The van der Waals surface area contributed by atoms with Crippen LogP contribution in [-0.2, 0) is 11.2 Å². The molecule has 2 aromatic carbocycles. The Morgan fingerprint density at radius 3 is 2.38 bits per heavy atom. The summed E-state index contributed by atoms with van der Waals surface area (Å²) in [5.74, 6) is -0.780. The molecule has 0 aliphatic heterocycles. The zero-order valence-corrected chi connectivity index (χ0v) is 16.7. The molecular weight excluding hydrogens is 388 g/mol. The van der Waals surface area contributed by atoms with Gasteiger partial charge in [0.25, 0.3) is 5.91 Å². The number of carbonyl (C=O) groups is 3. The van der Waals surface area contributed by atoms with Crippen LogP contribution in [0.15, 0.2) is 60.0 Å². The number of hydrogen-bond acceptors (Lipinski definition) is 6. The van der Waals surface area contributed by atoms with Gasteiger partial charge in [-0.05, 0) is 54.7 Å². The molecule has 0 aliphatic rings. The molecule has 29 heavy (non-hydrogen) atoms. The number of rotatable bonds is 8. The molecule has 0 aliphatic carbocycles. The molecule has 1 aromatic heterocycles. The van der Waals surface area contributed by atoms with Crippen molar-refractivity contribution in [3.8, 4) is 0 Å². The van der Waals surface area contributed by atoms with Gasteiger partial charge in [-0.2, -0.15) is 0 Å². The van der Waals surface area contributed by atoms with Gasteiger partial charge in [-0.25, -0.2) is 0 Å². The summed E-state index contributed by atoms with van der Waals surface area (Å²) in [6.45, 7) is 1.77. The fourth-order valence-corrected chi connectivity index (χ4v) is 3.17. The van der Waals surface area contributed by atoms with Gasteiger partial charge in [0.2, 0.25) is 5.91 Å². The minimum Gasteiger partial charge on any atom is -0.354 e. The molecule has 3 aromatic rings. The number of ketones is 1. The van der Waals surface area contributed by atoms with Gasteiger partial charge in [0.1, 0.15) is 6.54 Å². The van der Waals surface area contributed by atoms with E-state index in [-0.39, 0.29) is 23.9 Å². The lowest BCUT2D eigenvalue weighted by molar-refractivity contribution is -0.119. The fraction of sp³-hybridized carbons (Fsp3) is 0.190. The molecule has 0 fully saturated rings. The zero-order valence-electron chi connectivity index (χ0n) is 15.9. The Bertz CT molecular complexity index is 973. The Morgan fingerprint density at radius 1 is 1.03 bits per heavy atom. The van der Waals surface area contributed by atoms with E-state index in [0.29, 0.717) is 24.2 Å². The molecule has 0 radical (unpaired) electrons. The summed E-state index contributed by atoms with van der Waals surface area (Å²) in [6.07, 6.45) is 0.698. The molecule has 0 saturated heterocycles. The van der Waals surface area contributed by atoms with E-state index in [4.69, 9.17) is 0 Å². The van der Waals surface area contributed by atoms with E-state index in [2.05, 4.69) is 14.9 Å². The summed E-state index contributed by atoms with van der Waals surface area (Å²) < 4.78 is 3.72. The lowest BCUT2D eigenvalue weighted by Gasteiger charge is -2.21. The van der Waals surface area contributed by atoms with E-state index in [1.165, 1.54) is 17.2 Å². The van der Waals surface area contributed by atoms with Crippen LogP contribution in [0.1, 0.15) is 33.3 Å². The highest BCUT2D eigenvalue weighted by Gasteiger charge is 2.22. The monoisotopic (exact) mass is 408 g/mol. The Balaban J connectivity index is 1.70.